The number of halogens is 1. The molecule has 19 heavy (non-hydrogen) atoms. The molecule has 0 bridgehead atoms. The number of hydrogen-bond acceptors (Lipinski definition) is 2. The molecule has 0 spiro atoms. The fourth-order valence-electron chi connectivity index (χ4n) is 2.26. The molecular weight excluding hydrogens is 258 g/mol. The van der Waals surface area contributed by atoms with Gasteiger partial charge in [-0.15, -0.1) is 0 Å². The second kappa shape index (κ2) is 6.60. The summed E-state index contributed by atoms with van der Waals surface area (Å²) in [5, 5.41) is 0.771. The van der Waals surface area contributed by atoms with Crippen LogP contribution in [0.3, 0.4) is 0 Å². The van der Waals surface area contributed by atoms with Crippen molar-refractivity contribution in [2.24, 2.45) is 5.73 Å². The van der Waals surface area contributed by atoms with Crippen LogP contribution in [0, 0.1) is 0 Å². The topological polar surface area (TPSA) is 35.2 Å². The highest BCUT2D eigenvalue weighted by Gasteiger charge is 2.15. The Morgan fingerprint density at radius 1 is 1.11 bits per heavy atom. The van der Waals surface area contributed by atoms with Crippen LogP contribution in [0.5, 0.6) is 5.75 Å². The Kier molecular flexibility index (Phi) is 4.83. The summed E-state index contributed by atoms with van der Waals surface area (Å²) < 4.78 is 5.38. The van der Waals surface area contributed by atoms with Crippen LogP contribution < -0.4 is 10.5 Å². The van der Waals surface area contributed by atoms with Gasteiger partial charge in [0.2, 0.25) is 0 Å². The smallest absolute Gasteiger partial charge is 0.122 e. The Morgan fingerprint density at radius 3 is 2.47 bits per heavy atom. The van der Waals surface area contributed by atoms with Gasteiger partial charge in [0.25, 0.3) is 0 Å². The lowest BCUT2D eigenvalue weighted by Crippen LogP contribution is -2.15. The minimum absolute atomic E-state index is 0.199. The first kappa shape index (κ1) is 13.9. The first-order valence-electron chi connectivity index (χ1n) is 6.32. The van der Waals surface area contributed by atoms with Gasteiger partial charge >= 0.3 is 0 Å². The molecule has 2 aromatic carbocycles. The van der Waals surface area contributed by atoms with Gasteiger partial charge in [0.15, 0.2) is 0 Å². The molecule has 1 atom stereocenters. The Balaban J connectivity index is 2.27. The van der Waals surface area contributed by atoms with E-state index in [4.69, 9.17) is 22.1 Å². The molecular formula is C16H18ClNO. The highest BCUT2D eigenvalue weighted by atomic mass is 35.5. The second-order valence-electron chi connectivity index (χ2n) is 4.47. The van der Waals surface area contributed by atoms with Gasteiger partial charge in [0.1, 0.15) is 5.75 Å². The van der Waals surface area contributed by atoms with Crippen LogP contribution in [0.15, 0.2) is 48.5 Å². The van der Waals surface area contributed by atoms with Crippen molar-refractivity contribution in [3.8, 4) is 5.75 Å². The van der Waals surface area contributed by atoms with Crippen molar-refractivity contribution in [2.75, 3.05) is 13.7 Å². The van der Waals surface area contributed by atoms with E-state index >= 15 is 0 Å². The summed E-state index contributed by atoms with van der Waals surface area (Å²) in [5.74, 6) is 1.10. The Labute approximate surface area is 119 Å². The molecule has 2 nitrogen and oxygen atoms in total. The van der Waals surface area contributed by atoms with Crippen LogP contribution in [-0.2, 0) is 6.42 Å². The zero-order valence-electron chi connectivity index (χ0n) is 11.0. The molecule has 0 saturated heterocycles. The minimum Gasteiger partial charge on any atom is -0.496 e. The summed E-state index contributed by atoms with van der Waals surface area (Å²) in [7, 11) is 1.69. The molecule has 0 amide bonds. The largest absolute Gasteiger partial charge is 0.496 e. The van der Waals surface area contributed by atoms with Gasteiger partial charge in [0.05, 0.1) is 7.11 Å². The van der Waals surface area contributed by atoms with Crippen molar-refractivity contribution in [1.29, 1.82) is 0 Å². The van der Waals surface area contributed by atoms with E-state index in [0.717, 1.165) is 28.3 Å². The van der Waals surface area contributed by atoms with Crippen LogP contribution >= 0.6 is 11.6 Å². The highest BCUT2D eigenvalue weighted by Crippen LogP contribution is 2.29. The normalized spacial score (nSPS) is 12.2. The first-order valence-corrected chi connectivity index (χ1v) is 6.70. The van der Waals surface area contributed by atoms with E-state index in [9.17, 15) is 0 Å². The third kappa shape index (κ3) is 3.28. The molecule has 0 radical (unpaired) electrons. The summed E-state index contributed by atoms with van der Waals surface area (Å²) in [5.41, 5.74) is 8.16. The predicted octanol–water partition coefficient (Wildman–Crippen LogP) is 3.63. The Hall–Kier alpha value is -1.51. The van der Waals surface area contributed by atoms with E-state index in [-0.39, 0.29) is 5.92 Å². The maximum Gasteiger partial charge on any atom is 0.122 e. The molecule has 2 rings (SSSR count). The van der Waals surface area contributed by atoms with Crippen molar-refractivity contribution in [3.05, 3.63) is 64.7 Å². The highest BCUT2D eigenvalue weighted by molar-refractivity contribution is 6.31. The maximum absolute atomic E-state index is 6.25. The number of hydrogen-bond donors (Lipinski definition) is 1. The molecule has 0 aliphatic heterocycles. The average Bonchev–Trinajstić information content (AvgIpc) is 2.46. The fourth-order valence-corrected chi connectivity index (χ4v) is 2.55. The quantitative estimate of drug-likeness (QED) is 0.904. The fraction of sp³-hybridized carbons (Fsp3) is 0.250. The van der Waals surface area contributed by atoms with Gasteiger partial charge in [-0.25, -0.2) is 0 Å². The minimum atomic E-state index is 0.199. The predicted molar refractivity (Wildman–Crippen MR) is 79.9 cm³/mol. The van der Waals surface area contributed by atoms with Crippen molar-refractivity contribution in [1.82, 2.24) is 0 Å². The first-order chi connectivity index (χ1) is 9.26. The van der Waals surface area contributed by atoms with Crippen LogP contribution in [0.25, 0.3) is 0 Å². The van der Waals surface area contributed by atoms with Gasteiger partial charge in [0, 0.05) is 10.9 Å². The number of para-hydroxylation sites is 1. The molecule has 3 heteroatoms. The molecule has 0 saturated carbocycles. The van der Waals surface area contributed by atoms with Crippen molar-refractivity contribution in [2.45, 2.75) is 12.3 Å². The number of nitrogens with two attached hydrogens (primary N) is 1. The molecule has 100 valence electrons. The van der Waals surface area contributed by atoms with E-state index in [1.807, 2.05) is 42.5 Å². The van der Waals surface area contributed by atoms with Gasteiger partial charge in [-0.2, -0.15) is 0 Å². The van der Waals surface area contributed by atoms with E-state index in [0.29, 0.717) is 6.54 Å². The number of benzene rings is 2. The molecule has 0 heterocycles. The van der Waals surface area contributed by atoms with Gasteiger partial charge in [-0.3, -0.25) is 0 Å². The molecule has 1 unspecified atom stereocenters. The van der Waals surface area contributed by atoms with E-state index in [2.05, 4.69) is 6.07 Å². The zero-order chi connectivity index (χ0) is 13.7. The van der Waals surface area contributed by atoms with Gasteiger partial charge in [-0.05, 0) is 36.2 Å². The lowest BCUT2D eigenvalue weighted by molar-refractivity contribution is 0.408. The third-order valence-electron chi connectivity index (χ3n) is 3.29. The summed E-state index contributed by atoms with van der Waals surface area (Å²) >= 11 is 6.25. The summed E-state index contributed by atoms with van der Waals surface area (Å²) in [6.45, 7) is 0.557. The zero-order valence-corrected chi connectivity index (χ0v) is 11.7. The van der Waals surface area contributed by atoms with Crippen molar-refractivity contribution >= 4 is 11.6 Å². The molecule has 0 aliphatic carbocycles. The number of rotatable bonds is 5. The standard InChI is InChI=1S/C16H18ClNO/c1-19-16-9-5-2-6-12(16)10-13(11-18)14-7-3-4-8-15(14)17/h2-9,13H,10-11,18H2,1H3. The van der Waals surface area contributed by atoms with Gasteiger partial charge < -0.3 is 10.5 Å². The van der Waals surface area contributed by atoms with Crippen molar-refractivity contribution in [3.63, 3.8) is 0 Å². The molecule has 0 aromatic heterocycles. The third-order valence-corrected chi connectivity index (χ3v) is 3.63. The number of ether oxygens (including phenoxy) is 1. The maximum atomic E-state index is 6.25. The molecule has 2 N–H and O–H groups in total. The second-order valence-corrected chi connectivity index (χ2v) is 4.88. The van der Waals surface area contributed by atoms with Gasteiger partial charge in [-0.1, -0.05) is 48.0 Å². The van der Waals surface area contributed by atoms with Crippen LogP contribution in [0.4, 0.5) is 0 Å². The average molecular weight is 276 g/mol. The lowest BCUT2D eigenvalue weighted by Gasteiger charge is -2.18. The van der Waals surface area contributed by atoms with E-state index in [1.54, 1.807) is 7.11 Å². The molecule has 2 aromatic rings. The SMILES string of the molecule is COc1ccccc1CC(CN)c1ccccc1Cl. The molecule has 0 fully saturated rings. The summed E-state index contributed by atoms with van der Waals surface area (Å²) in [6.07, 6.45) is 0.824. The van der Waals surface area contributed by atoms with Crippen LogP contribution in [0.2, 0.25) is 5.02 Å². The Morgan fingerprint density at radius 2 is 1.79 bits per heavy atom. The Bertz CT molecular complexity index is 542. The summed E-state index contributed by atoms with van der Waals surface area (Å²) in [6, 6.07) is 15.9. The number of methoxy groups -OCH3 is 1. The lowest BCUT2D eigenvalue weighted by atomic mass is 9.91. The van der Waals surface area contributed by atoms with Crippen molar-refractivity contribution < 1.29 is 4.74 Å². The van der Waals surface area contributed by atoms with Crippen LogP contribution in [-0.4, -0.2) is 13.7 Å². The summed E-state index contributed by atoms with van der Waals surface area (Å²) in [4.78, 5) is 0. The monoisotopic (exact) mass is 275 g/mol. The van der Waals surface area contributed by atoms with E-state index in [1.165, 1.54) is 0 Å². The van der Waals surface area contributed by atoms with E-state index < -0.39 is 0 Å². The molecule has 0 aliphatic rings. The van der Waals surface area contributed by atoms with Crippen LogP contribution in [0.1, 0.15) is 17.0 Å².